The fraction of sp³-hybridized carbons (Fsp3) is 0. The Morgan fingerprint density at radius 3 is 1.56 bits per heavy atom. The zero-order valence-electron chi connectivity index (χ0n) is 34.0. The first-order chi connectivity index (χ1) is 31.2. The molecule has 0 radical (unpaired) electrons. The van der Waals surface area contributed by atoms with Gasteiger partial charge in [-0.15, -0.1) is 0 Å². The van der Waals surface area contributed by atoms with Crippen molar-refractivity contribution >= 4 is 65.6 Å². The van der Waals surface area contributed by atoms with Crippen LogP contribution in [0.2, 0.25) is 0 Å². The number of hydrogen-bond donors (Lipinski definition) is 0. The lowest BCUT2D eigenvalue weighted by Crippen LogP contribution is -2.05. The Bertz CT molecular complexity index is 3880. The summed E-state index contributed by atoms with van der Waals surface area (Å²) in [6.45, 7) is 0. The molecule has 4 aromatic heterocycles. The predicted molar refractivity (Wildman–Crippen MR) is 260 cm³/mol. The second-order valence-corrected chi connectivity index (χ2v) is 16.1. The largest absolute Gasteiger partial charge is 0.456 e. The molecule has 0 amide bonds. The number of hydrogen-bond acceptors (Lipinski definition) is 3. The molecule has 13 rings (SSSR count). The van der Waals surface area contributed by atoms with Gasteiger partial charge in [0.15, 0.2) is 0 Å². The Balaban J connectivity index is 1.11. The van der Waals surface area contributed by atoms with E-state index in [2.05, 4.69) is 221 Å². The number of furan rings is 1. The van der Waals surface area contributed by atoms with Crippen molar-refractivity contribution in [2.45, 2.75) is 0 Å². The molecular formula is C58H36N4O. The quantitative estimate of drug-likeness (QED) is 0.168. The van der Waals surface area contributed by atoms with Gasteiger partial charge in [0.2, 0.25) is 5.95 Å². The van der Waals surface area contributed by atoms with Gasteiger partial charge in [0.05, 0.1) is 33.5 Å². The van der Waals surface area contributed by atoms with Crippen molar-refractivity contribution in [3.05, 3.63) is 218 Å². The molecule has 0 unspecified atom stereocenters. The van der Waals surface area contributed by atoms with E-state index in [1.807, 2.05) is 6.07 Å². The van der Waals surface area contributed by atoms with Gasteiger partial charge >= 0.3 is 0 Å². The fourth-order valence-electron chi connectivity index (χ4n) is 9.69. The Morgan fingerprint density at radius 1 is 0.333 bits per heavy atom. The molecule has 0 bridgehead atoms. The molecular weight excluding hydrogens is 769 g/mol. The van der Waals surface area contributed by atoms with Crippen LogP contribution in [0.15, 0.2) is 223 Å². The molecule has 0 aliphatic rings. The lowest BCUT2D eigenvalue weighted by atomic mass is 9.99. The molecule has 0 saturated carbocycles. The van der Waals surface area contributed by atoms with Gasteiger partial charge in [-0.2, -0.15) is 0 Å². The number of benzene rings is 9. The van der Waals surface area contributed by atoms with E-state index in [4.69, 9.17) is 14.4 Å². The van der Waals surface area contributed by atoms with Gasteiger partial charge in [-0.1, -0.05) is 170 Å². The minimum Gasteiger partial charge on any atom is -0.456 e. The van der Waals surface area contributed by atoms with Crippen molar-refractivity contribution < 1.29 is 4.42 Å². The van der Waals surface area contributed by atoms with E-state index >= 15 is 0 Å². The van der Waals surface area contributed by atoms with Crippen molar-refractivity contribution in [3.8, 4) is 56.4 Å². The molecule has 0 spiro atoms. The second kappa shape index (κ2) is 14.0. The van der Waals surface area contributed by atoms with Crippen molar-refractivity contribution in [1.82, 2.24) is 19.1 Å². The number of fused-ring (bicyclic) bond motifs is 10. The molecule has 0 aliphatic carbocycles. The number of nitrogens with zero attached hydrogens (tertiary/aromatic N) is 4. The van der Waals surface area contributed by atoms with Gasteiger partial charge in [-0.05, 0) is 70.8 Å². The Labute approximate surface area is 362 Å². The summed E-state index contributed by atoms with van der Waals surface area (Å²) in [6.07, 6.45) is 0. The van der Waals surface area contributed by atoms with Crippen LogP contribution in [-0.2, 0) is 0 Å². The van der Waals surface area contributed by atoms with Gasteiger partial charge < -0.3 is 8.98 Å². The third kappa shape index (κ3) is 5.57. The summed E-state index contributed by atoms with van der Waals surface area (Å²) in [5.74, 6) is 0.592. The van der Waals surface area contributed by atoms with Gasteiger partial charge in [0, 0.05) is 49.1 Å². The number of rotatable bonds is 6. The van der Waals surface area contributed by atoms with Crippen LogP contribution >= 0.6 is 0 Å². The van der Waals surface area contributed by atoms with Crippen molar-refractivity contribution in [1.29, 1.82) is 0 Å². The maximum atomic E-state index is 6.65. The van der Waals surface area contributed by atoms with Crippen molar-refractivity contribution in [2.24, 2.45) is 0 Å². The average molecular weight is 805 g/mol. The Morgan fingerprint density at radius 2 is 0.857 bits per heavy atom. The molecule has 4 heterocycles. The number of para-hydroxylation sites is 3. The first-order valence-corrected chi connectivity index (χ1v) is 21.3. The third-order valence-electron chi connectivity index (χ3n) is 12.6. The Kier molecular flexibility index (Phi) is 7.84. The molecule has 63 heavy (non-hydrogen) atoms. The summed E-state index contributed by atoms with van der Waals surface area (Å²) in [5, 5.41) is 6.70. The molecule has 9 aromatic carbocycles. The zero-order valence-corrected chi connectivity index (χ0v) is 34.0. The second-order valence-electron chi connectivity index (χ2n) is 16.1. The zero-order chi connectivity index (χ0) is 41.4. The van der Waals surface area contributed by atoms with E-state index in [1.54, 1.807) is 0 Å². The molecule has 0 saturated heterocycles. The van der Waals surface area contributed by atoms with E-state index in [1.165, 1.54) is 16.3 Å². The van der Waals surface area contributed by atoms with Crippen LogP contribution in [0.1, 0.15) is 0 Å². The topological polar surface area (TPSA) is 48.8 Å². The third-order valence-corrected chi connectivity index (χ3v) is 12.6. The molecule has 0 N–H and O–H groups in total. The van der Waals surface area contributed by atoms with Gasteiger partial charge in [-0.25, -0.2) is 9.97 Å². The van der Waals surface area contributed by atoms with Crippen LogP contribution < -0.4 is 0 Å². The summed E-state index contributed by atoms with van der Waals surface area (Å²) < 4.78 is 11.3. The first-order valence-electron chi connectivity index (χ1n) is 21.3. The molecule has 0 aliphatic heterocycles. The van der Waals surface area contributed by atoms with Crippen LogP contribution in [-0.4, -0.2) is 19.1 Å². The van der Waals surface area contributed by atoms with E-state index in [0.29, 0.717) is 5.95 Å². The van der Waals surface area contributed by atoms with Gasteiger partial charge in [0.25, 0.3) is 0 Å². The normalized spacial score (nSPS) is 11.8. The highest BCUT2D eigenvalue weighted by Crippen LogP contribution is 2.43. The minimum atomic E-state index is 0.592. The SMILES string of the molecule is c1ccc(-c2ccc(-c3cc(-c4cccc5oc6cc(-c7ccccc7)ccc6c45)nc(-n4c5ccccc5c5ccc6c7ccccc7n(-c7ccccc7)c6c54)n3)cc2)cc1. The molecule has 5 heteroatoms. The molecule has 0 atom stereocenters. The predicted octanol–water partition coefficient (Wildman–Crippen LogP) is 15.2. The summed E-state index contributed by atoms with van der Waals surface area (Å²) in [4.78, 5) is 11.1. The highest BCUT2D eigenvalue weighted by atomic mass is 16.3. The van der Waals surface area contributed by atoms with Gasteiger partial charge in [-0.3, -0.25) is 4.57 Å². The van der Waals surface area contributed by atoms with Crippen LogP contribution in [0.5, 0.6) is 0 Å². The smallest absolute Gasteiger partial charge is 0.235 e. The van der Waals surface area contributed by atoms with Crippen molar-refractivity contribution in [3.63, 3.8) is 0 Å². The van der Waals surface area contributed by atoms with Crippen LogP contribution in [0.4, 0.5) is 0 Å². The monoisotopic (exact) mass is 804 g/mol. The summed E-state index contributed by atoms with van der Waals surface area (Å²) >= 11 is 0. The van der Waals surface area contributed by atoms with Gasteiger partial charge in [0.1, 0.15) is 11.2 Å². The highest BCUT2D eigenvalue weighted by Gasteiger charge is 2.24. The molecule has 0 fully saturated rings. The lowest BCUT2D eigenvalue weighted by Gasteiger charge is -2.14. The summed E-state index contributed by atoms with van der Waals surface area (Å²) in [6, 6.07) is 77.1. The van der Waals surface area contributed by atoms with E-state index < -0.39 is 0 Å². The molecule has 5 nitrogen and oxygen atoms in total. The average Bonchev–Trinajstić information content (AvgIpc) is 4.02. The summed E-state index contributed by atoms with van der Waals surface area (Å²) in [7, 11) is 0. The maximum Gasteiger partial charge on any atom is 0.235 e. The number of aromatic nitrogens is 4. The minimum absolute atomic E-state index is 0.592. The molecule has 13 aromatic rings. The fourth-order valence-corrected chi connectivity index (χ4v) is 9.69. The first kappa shape index (κ1) is 35.2. The van der Waals surface area contributed by atoms with E-state index in [0.717, 1.165) is 99.7 Å². The van der Waals surface area contributed by atoms with E-state index in [9.17, 15) is 0 Å². The Hall–Kier alpha value is -8.54. The van der Waals surface area contributed by atoms with Crippen molar-refractivity contribution in [2.75, 3.05) is 0 Å². The summed E-state index contributed by atoms with van der Waals surface area (Å²) in [5.41, 5.74) is 15.3. The standard InChI is InChI=1S/C58H36N4O/c1-4-15-37(16-5-1)39-27-29-40(30-28-39)49-36-50(47-23-14-26-53-55(47)48-32-31-41(35-54(48)63-53)38-17-6-2-7-18-38)60-58(59-49)62-52-25-13-11-22-44(52)46-34-33-45-43-21-10-12-24-51(43)61(56(45)57(46)62)42-19-8-3-9-20-42/h1-36H. The highest BCUT2D eigenvalue weighted by molar-refractivity contribution is 6.23. The lowest BCUT2D eigenvalue weighted by molar-refractivity contribution is 0.669. The van der Waals surface area contributed by atoms with Crippen LogP contribution in [0.3, 0.4) is 0 Å². The van der Waals surface area contributed by atoms with E-state index in [-0.39, 0.29) is 0 Å². The maximum absolute atomic E-state index is 6.65. The van der Waals surface area contributed by atoms with Crippen LogP contribution in [0, 0.1) is 0 Å². The molecule has 294 valence electrons. The van der Waals surface area contributed by atoms with Crippen LogP contribution in [0.25, 0.3) is 122 Å².